The van der Waals surface area contributed by atoms with E-state index in [-0.39, 0.29) is 23.8 Å². The number of aromatic nitrogens is 1. The number of hydrogen-bond acceptors (Lipinski definition) is 3. The van der Waals surface area contributed by atoms with Gasteiger partial charge in [0.1, 0.15) is 0 Å². The number of carbonyl (C=O) groups excluding carboxylic acids is 1. The Kier molecular flexibility index (Phi) is 4.11. The lowest BCUT2D eigenvalue weighted by molar-refractivity contribution is 0.0958. The maximum atomic E-state index is 13.0. The molecule has 0 saturated carbocycles. The van der Waals surface area contributed by atoms with Gasteiger partial charge in [0.15, 0.2) is 5.76 Å². The number of nitrogens with one attached hydrogen (secondary N) is 1. The number of fused-ring (bicyclic) bond motifs is 1. The molecule has 0 fully saturated rings. The van der Waals surface area contributed by atoms with E-state index in [0.29, 0.717) is 0 Å². The van der Waals surface area contributed by atoms with Gasteiger partial charge < -0.3 is 14.3 Å². The maximum Gasteiger partial charge on any atom is 0.294 e. The molecule has 0 unspecified atom stereocenters. The quantitative estimate of drug-likeness (QED) is 0.609. The van der Waals surface area contributed by atoms with Gasteiger partial charge in [-0.15, -0.1) is 0 Å². The average Bonchev–Trinajstić information content (AvgIpc) is 3.21. The third-order valence-electron chi connectivity index (χ3n) is 4.21. The van der Waals surface area contributed by atoms with Crippen molar-refractivity contribution in [1.82, 2.24) is 4.98 Å². The summed E-state index contributed by atoms with van der Waals surface area (Å²) < 4.78 is 5.29. The smallest absolute Gasteiger partial charge is 0.294 e. The fraction of sp³-hybridized carbons (Fsp3) is 0.0476. The molecule has 0 radical (unpaired) electrons. The molecule has 128 valence electrons. The first kappa shape index (κ1) is 15.9. The summed E-state index contributed by atoms with van der Waals surface area (Å²) in [6.07, 6.45) is 1.47. The van der Waals surface area contributed by atoms with Crippen LogP contribution < -0.4 is 10.5 Å². The number of para-hydroxylation sites is 2. The van der Waals surface area contributed by atoms with E-state index in [1.807, 2.05) is 54.6 Å². The number of pyridine rings is 1. The van der Waals surface area contributed by atoms with Crippen molar-refractivity contribution in [3.63, 3.8) is 0 Å². The SMILES string of the molecule is O=C(c1ccco1)N(Cc1cc(=O)[nH]c2ccccc12)c1ccccc1. The third kappa shape index (κ3) is 3.02. The molecule has 0 aliphatic carbocycles. The Balaban J connectivity index is 1.81. The van der Waals surface area contributed by atoms with Crippen LogP contribution in [0.4, 0.5) is 5.69 Å². The fourth-order valence-corrected chi connectivity index (χ4v) is 3.00. The summed E-state index contributed by atoms with van der Waals surface area (Å²) in [5.74, 6) is -0.00596. The van der Waals surface area contributed by atoms with Crippen LogP contribution in [0.5, 0.6) is 0 Å². The standard InChI is InChI=1S/C21H16N2O3/c24-20-13-15(17-9-4-5-10-18(17)22-20)14-23(16-7-2-1-3-8-16)21(25)19-11-6-12-26-19/h1-13H,14H2,(H,22,24). The van der Waals surface area contributed by atoms with E-state index in [4.69, 9.17) is 4.42 Å². The highest BCUT2D eigenvalue weighted by atomic mass is 16.3. The van der Waals surface area contributed by atoms with E-state index in [9.17, 15) is 9.59 Å². The first-order valence-corrected chi connectivity index (χ1v) is 8.24. The number of carbonyl (C=O) groups is 1. The summed E-state index contributed by atoms with van der Waals surface area (Å²) in [7, 11) is 0. The van der Waals surface area contributed by atoms with Crippen molar-refractivity contribution in [2.45, 2.75) is 6.54 Å². The average molecular weight is 344 g/mol. The molecule has 0 spiro atoms. The molecule has 26 heavy (non-hydrogen) atoms. The summed E-state index contributed by atoms with van der Waals surface area (Å²) >= 11 is 0. The van der Waals surface area contributed by atoms with Crippen LogP contribution in [0.25, 0.3) is 10.9 Å². The Morgan fingerprint density at radius 2 is 1.73 bits per heavy atom. The Morgan fingerprint density at radius 3 is 2.50 bits per heavy atom. The van der Waals surface area contributed by atoms with Crippen LogP contribution in [0.1, 0.15) is 16.1 Å². The number of anilines is 1. The lowest BCUT2D eigenvalue weighted by Gasteiger charge is -2.22. The van der Waals surface area contributed by atoms with Crippen LogP contribution in [0, 0.1) is 0 Å². The van der Waals surface area contributed by atoms with Gasteiger partial charge in [-0.3, -0.25) is 9.59 Å². The summed E-state index contributed by atoms with van der Waals surface area (Å²) in [5, 5.41) is 0.903. The maximum absolute atomic E-state index is 13.0. The second-order valence-corrected chi connectivity index (χ2v) is 5.91. The van der Waals surface area contributed by atoms with Gasteiger partial charge in [-0.1, -0.05) is 36.4 Å². The minimum atomic E-state index is -0.259. The molecule has 0 saturated heterocycles. The molecule has 5 nitrogen and oxygen atoms in total. The van der Waals surface area contributed by atoms with Gasteiger partial charge in [0, 0.05) is 22.7 Å². The summed E-state index contributed by atoms with van der Waals surface area (Å²) in [4.78, 5) is 29.5. The second kappa shape index (κ2) is 6.72. The molecule has 2 aromatic heterocycles. The van der Waals surface area contributed by atoms with E-state index in [2.05, 4.69) is 4.98 Å². The third-order valence-corrected chi connectivity index (χ3v) is 4.21. The van der Waals surface area contributed by atoms with Crippen LogP contribution in [-0.2, 0) is 6.54 Å². The number of furan rings is 1. The molecule has 4 rings (SSSR count). The van der Waals surface area contributed by atoms with Crippen molar-refractivity contribution in [3.8, 4) is 0 Å². The normalized spacial score (nSPS) is 10.8. The monoisotopic (exact) mass is 344 g/mol. The van der Waals surface area contributed by atoms with Gasteiger partial charge in [0.25, 0.3) is 5.91 Å². The zero-order chi connectivity index (χ0) is 17.9. The van der Waals surface area contributed by atoms with Gasteiger partial charge in [-0.2, -0.15) is 0 Å². The molecule has 1 N–H and O–H groups in total. The summed E-state index contributed by atoms with van der Waals surface area (Å²) in [6, 6.07) is 21.7. The first-order valence-electron chi connectivity index (χ1n) is 8.24. The van der Waals surface area contributed by atoms with E-state index in [0.717, 1.165) is 22.2 Å². The molecular weight excluding hydrogens is 328 g/mol. The number of amides is 1. The zero-order valence-electron chi connectivity index (χ0n) is 13.9. The highest BCUT2D eigenvalue weighted by molar-refractivity contribution is 6.04. The lowest BCUT2D eigenvalue weighted by atomic mass is 10.1. The highest BCUT2D eigenvalue weighted by Gasteiger charge is 2.21. The Hall–Kier alpha value is -3.60. The van der Waals surface area contributed by atoms with E-state index in [1.165, 1.54) is 12.3 Å². The van der Waals surface area contributed by atoms with E-state index >= 15 is 0 Å². The number of aromatic amines is 1. The fourth-order valence-electron chi connectivity index (χ4n) is 3.00. The summed E-state index contributed by atoms with van der Waals surface area (Å²) in [6.45, 7) is 0.258. The second-order valence-electron chi connectivity index (χ2n) is 5.91. The Bertz CT molecular complexity index is 1100. The van der Waals surface area contributed by atoms with Gasteiger partial charge >= 0.3 is 0 Å². The largest absolute Gasteiger partial charge is 0.459 e. The van der Waals surface area contributed by atoms with E-state index in [1.54, 1.807) is 17.0 Å². The molecule has 0 atom stereocenters. The molecule has 4 aromatic rings. The lowest BCUT2D eigenvalue weighted by Crippen LogP contribution is -2.30. The molecular formula is C21H16N2O3. The summed E-state index contributed by atoms with van der Waals surface area (Å²) in [5.41, 5.74) is 2.05. The minimum Gasteiger partial charge on any atom is -0.459 e. The number of hydrogen-bond donors (Lipinski definition) is 1. The molecule has 2 aromatic carbocycles. The minimum absolute atomic E-state index is 0.197. The van der Waals surface area contributed by atoms with E-state index < -0.39 is 0 Å². The van der Waals surface area contributed by atoms with Gasteiger partial charge in [-0.05, 0) is 35.9 Å². The number of nitrogens with zero attached hydrogens (tertiary/aromatic N) is 1. The topological polar surface area (TPSA) is 66.3 Å². The van der Waals surface area contributed by atoms with Crippen molar-refractivity contribution in [2.75, 3.05) is 4.90 Å². The van der Waals surface area contributed by atoms with Gasteiger partial charge in [0.05, 0.1) is 12.8 Å². The Morgan fingerprint density at radius 1 is 0.962 bits per heavy atom. The molecule has 5 heteroatoms. The molecule has 1 amide bonds. The highest BCUT2D eigenvalue weighted by Crippen LogP contribution is 2.23. The van der Waals surface area contributed by atoms with Crippen molar-refractivity contribution in [1.29, 1.82) is 0 Å². The first-order chi connectivity index (χ1) is 12.7. The predicted molar refractivity (Wildman–Crippen MR) is 100 cm³/mol. The van der Waals surface area contributed by atoms with Crippen LogP contribution in [0.15, 0.2) is 88.3 Å². The molecule has 2 heterocycles. The molecule has 0 aliphatic heterocycles. The van der Waals surface area contributed by atoms with Gasteiger partial charge in [0.2, 0.25) is 5.56 Å². The molecule has 0 bridgehead atoms. The van der Waals surface area contributed by atoms with Crippen molar-refractivity contribution in [3.05, 3.63) is 101 Å². The Labute approximate surface area is 149 Å². The zero-order valence-corrected chi connectivity index (χ0v) is 13.9. The molecule has 0 aliphatic rings. The van der Waals surface area contributed by atoms with Crippen molar-refractivity contribution < 1.29 is 9.21 Å². The predicted octanol–water partition coefficient (Wildman–Crippen LogP) is 3.97. The van der Waals surface area contributed by atoms with Crippen LogP contribution in [0.2, 0.25) is 0 Å². The number of benzene rings is 2. The van der Waals surface area contributed by atoms with Crippen molar-refractivity contribution >= 4 is 22.5 Å². The van der Waals surface area contributed by atoms with Crippen molar-refractivity contribution in [2.24, 2.45) is 0 Å². The van der Waals surface area contributed by atoms with Crippen LogP contribution in [-0.4, -0.2) is 10.9 Å². The van der Waals surface area contributed by atoms with Gasteiger partial charge in [-0.25, -0.2) is 0 Å². The number of rotatable bonds is 4. The number of H-pyrrole nitrogens is 1. The van der Waals surface area contributed by atoms with Crippen LogP contribution >= 0.6 is 0 Å². The van der Waals surface area contributed by atoms with Crippen LogP contribution in [0.3, 0.4) is 0 Å².